The molecule has 1 amide bonds. The van der Waals surface area contributed by atoms with Crippen LogP contribution in [0.1, 0.15) is 45.7 Å². The third kappa shape index (κ3) is 3.77. The minimum atomic E-state index is -0.920. The molecule has 0 saturated heterocycles. The van der Waals surface area contributed by atoms with Crippen LogP contribution in [0.25, 0.3) is 0 Å². The zero-order valence-corrected chi connectivity index (χ0v) is 13.2. The van der Waals surface area contributed by atoms with Crippen LogP contribution in [0.3, 0.4) is 0 Å². The predicted octanol–water partition coefficient (Wildman–Crippen LogP) is 1.66. The number of benzene rings is 1. The van der Waals surface area contributed by atoms with Crippen molar-refractivity contribution >= 4 is 18.7 Å². The summed E-state index contributed by atoms with van der Waals surface area (Å²) in [5.74, 6) is 0. The van der Waals surface area contributed by atoms with E-state index in [9.17, 15) is 9.82 Å². The van der Waals surface area contributed by atoms with Gasteiger partial charge in [-0.15, -0.1) is 0 Å². The lowest BCUT2D eigenvalue weighted by atomic mass is 9.77. The molecule has 1 heterocycles. The molecule has 0 radical (unpaired) electrons. The molecule has 0 atom stereocenters. The Bertz CT molecular complexity index is 551. The summed E-state index contributed by atoms with van der Waals surface area (Å²) in [5.41, 5.74) is 1.60. The number of nitrogens with one attached hydrogen (secondary N) is 1. The van der Waals surface area contributed by atoms with Crippen molar-refractivity contribution in [2.45, 2.75) is 52.4 Å². The standard InChI is InChI=1S/C15H22BNO4/c1-14(2,3)20-13(18)17-9-10-6-7-11-12(8-10)16(19)21-15(11,4)5/h6-8,19H,9H2,1-5H3,(H,17,18). The number of hydrogen-bond donors (Lipinski definition) is 2. The lowest BCUT2D eigenvalue weighted by molar-refractivity contribution is 0.0523. The highest BCUT2D eigenvalue weighted by atomic mass is 16.6. The van der Waals surface area contributed by atoms with Gasteiger partial charge in [-0.05, 0) is 51.2 Å². The topological polar surface area (TPSA) is 67.8 Å². The minimum Gasteiger partial charge on any atom is -0.444 e. The van der Waals surface area contributed by atoms with E-state index in [-0.39, 0.29) is 0 Å². The molecule has 6 heteroatoms. The van der Waals surface area contributed by atoms with Gasteiger partial charge < -0.3 is 19.7 Å². The molecule has 1 aromatic carbocycles. The van der Waals surface area contributed by atoms with Gasteiger partial charge in [0.2, 0.25) is 0 Å². The van der Waals surface area contributed by atoms with Crippen LogP contribution in [0.5, 0.6) is 0 Å². The monoisotopic (exact) mass is 291 g/mol. The van der Waals surface area contributed by atoms with Crippen LogP contribution in [-0.4, -0.2) is 23.8 Å². The SMILES string of the molecule is CC(C)(C)OC(=O)NCc1ccc2c(c1)B(O)OC2(C)C. The maximum Gasteiger partial charge on any atom is 0.492 e. The molecule has 1 aliphatic heterocycles. The molecule has 2 rings (SSSR count). The second-order valence-corrected chi connectivity index (χ2v) is 6.76. The molecule has 21 heavy (non-hydrogen) atoms. The van der Waals surface area contributed by atoms with E-state index in [1.54, 1.807) is 0 Å². The molecule has 0 spiro atoms. The number of amides is 1. The highest BCUT2D eigenvalue weighted by Crippen LogP contribution is 2.29. The maximum atomic E-state index is 11.6. The summed E-state index contributed by atoms with van der Waals surface area (Å²) in [6.07, 6.45) is -0.458. The highest BCUT2D eigenvalue weighted by molar-refractivity contribution is 6.62. The lowest BCUT2D eigenvalue weighted by Crippen LogP contribution is -2.33. The molecule has 5 nitrogen and oxygen atoms in total. The number of carbonyl (C=O) groups is 1. The number of carbonyl (C=O) groups excluding carboxylic acids is 1. The van der Waals surface area contributed by atoms with Crippen molar-refractivity contribution in [2.75, 3.05) is 0 Å². The molecule has 1 aliphatic rings. The van der Waals surface area contributed by atoms with E-state index >= 15 is 0 Å². The quantitative estimate of drug-likeness (QED) is 0.813. The van der Waals surface area contributed by atoms with Crippen molar-refractivity contribution in [3.8, 4) is 0 Å². The molecule has 0 saturated carbocycles. The molecular formula is C15H22BNO4. The number of hydrogen-bond acceptors (Lipinski definition) is 4. The van der Waals surface area contributed by atoms with Crippen LogP contribution >= 0.6 is 0 Å². The first kappa shape index (κ1) is 15.9. The zero-order chi connectivity index (χ0) is 15.8. The van der Waals surface area contributed by atoms with Gasteiger partial charge in [-0.2, -0.15) is 0 Å². The van der Waals surface area contributed by atoms with Crippen LogP contribution < -0.4 is 10.8 Å². The Hall–Kier alpha value is -1.53. The minimum absolute atomic E-state index is 0.343. The van der Waals surface area contributed by atoms with Crippen LogP contribution in [0.2, 0.25) is 0 Å². The Morgan fingerprint density at radius 2 is 2.10 bits per heavy atom. The second-order valence-electron chi connectivity index (χ2n) is 6.76. The average molecular weight is 291 g/mol. The van der Waals surface area contributed by atoms with Crippen LogP contribution in [0, 0.1) is 0 Å². The normalized spacial score (nSPS) is 16.6. The van der Waals surface area contributed by atoms with Gasteiger partial charge in [0.15, 0.2) is 0 Å². The third-order valence-electron chi connectivity index (χ3n) is 3.27. The lowest BCUT2D eigenvalue weighted by Gasteiger charge is -2.20. The highest BCUT2D eigenvalue weighted by Gasteiger charge is 2.40. The Morgan fingerprint density at radius 1 is 1.43 bits per heavy atom. The zero-order valence-electron chi connectivity index (χ0n) is 13.2. The van der Waals surface area contributed by atoms with Gasteiger partial charge in [-0.1, -0.05) is 18.2 Å². The maximum absolute atomic E-state index is 11.6. The molecule has 0 bridgehead atoms. The van der Waals surface area contributed by atoms with E-state index < -0.39 is 24.4 Å². The molecule has 1 aromatic rings. The Kier molecular flexibility index (Phi) is 4.04. The van der Waals surface area contributed by atoms with Crippen molar-refractivity contribution in [1.29, 1.82) is 0 Å². The van der Waals surface area contributed by atoms with Gasteiger partial charge in [-0.3, -0.25) is 0 Å². The molecule has 114 valence electrons. The van der Waals surface area contributed by atoms with E-state index in [4.69, 9.17) is 9.39 Å². The van der Waals surface area contributed by atoms with Gasteiger partial charge >= 0.3 is 13.2 Å². The largest absolute Gasteiger partial charge is 0.492 e. The fraction of sp³-hybridized carbons (Fsp3) is 0.533. The van der Waals surface area contributed by atoms with Crippen LogP contribution in [0.4, 0.5) is 4.79 Å². The first-order chi connectivity index (χ1) is 9.58. The predicted molar refractivity (Wildman–Crippen MR) is 81.2 cm³/mol. The number of alkyl carbamates (subject to hydrolysis) is 1. The summed E-state index contributed by atoms with van der Waals surface area (Å²) in [4.78, 5) is 11.6. The van der Waals surface area contributed by atoms with E-state index in [0.29, 0.717) is 6.54 Å². The van der Waals surface area contributed by atoms with Crippen molar-refractivity contribution < 1.29 is 19.2 Å². The van der Waals surface area contributed by atoms with Crippen molar-refractivity contribution in [2.24, 2.45) is 0 Å². The van der Waals surface area contributed by atoms with E-state index in [1.807, 2.05) is 52.8 Å². The number of fused-ring (bicyclic) bond motifs is 1. The van der Waals surface area contributed by atoms with E-state index in [0.717, 1.165) is 16.6 Å². The average Bonchev–Trinajstić information content (AvgIpc) is 2.55. The third-order valence-corrected chi connectivity index (χ3v) is 3.27. The van der Waals surface area contributed by atoms with Gasteiger partial charge in [0.05, 0.1) is 5.60 Å². The van der Waals surface area contributed by atoms with E-state index in [2.05, 4.69) is 5.32 Å². The van der Waals surface area contributed by atoms with Crippen molar-refractivity contribution in [1.82, 2.24) is 5.32 Å². The first-order valence-corrected chi connectivity index (χ1v) is 7.04. The summed E-state index contributed by atoms with van der Waals surface area (Å²) in [7, 11) is -0.920. The van der Waals surface area contributed by atoms with Crippen molar-refractivity contribution in [3.63, 3.8) is 0 Å². The molecule has 0 unspecified atom stereocenters. The summed E-state index contributed by atoms with van der Waals surface area (Å²) in [5, 5.41) is 12.6. The summed E-state index contributed by atoms with van der Waals surface area (Å²) < 4.78 is 10.7. The van der Waals surface area contributed by atoms with Crippen LogP contribution in [0.15, 0.2) is 18.2 Å². The first-order valence-electron chi connectivity index (χ1n) is 7.04. The van der Waals surface area contributed by atoms with Gasteiger partial charge in [0.25, 0.3) is 0 Å². The fourth-order valence-corrected chi connectivity index (χ4v) is 2.37. The van der Waals surface area contributed by atoms with Gasteiger partial charge in [0.1, 0.15) is 5.60 Å². The molecule has 2 N–H and O–H groups in total. The Balaban J connectivity index is 2.04. The molecule has 0 aliphatic carbocycles. The summed E-state index contributed by atoms with van der Waals surface area (Å²) >= 11 is 0. The molecule has 0 aromatic heterocycles. The van der Waals surface area contributed by atoms with Gasteiger partial charge in [0, 0.05) is 6.54 Å². The number of ether oxygens (including phenoxy) is 1. The summed E-state index contributed by atoms with van der Waals surface area (Å²) in [6.45, 7) is 9.63. The number of rotatable bonds is 2. The van der Waals surface area contributed by atoms with Crippen molar-refractivity contribution in [3.05, 3.63) is 29.3 Å². The Labute approximate surface area is 125 Å². The molecule has 0 fully saturated rings. The van der Waals surface area contributed by atoms with Crippen LogP contribution in [-0.2, 0) is 21.5 Å². The van der Waals surface area contributed by atoms with E-state index in [1.165, 1.54) is 0 Å². The second kappa shape index (κ2) is 5.35. The fourth-order valence-electron chi connectivity index (χ4n) is 2.37. The summed E-state index contributed by atoms with van der Waals surface area (Å²) in [6, 6.07) is 5.70. The Morgan fingerprint density at radius 3 is 2.71 bits per heavy atom. The molecular weight excluding hydrogens is 269 g/mol. The van der Waals surface area contributed by atoms with Gasteiger partial charge in [-0.25, -0.2) is 4.79 Å². The smallest absolute Gasteiger partial charge is 0.444 e.